The minimum absolute atomic E-state index is 0.319. The molecule has 0 saturated carbocycles. The Morgan fingerprint density at radius 1 is 1.14 bits per heavy atom. The van der Waals surface area contributed by atoms with Crippen molar-refractivity contribution in [2.75, 3.05) is 25.1 Å². The fraction of sp³-hybridized carbons (Fsp3) is 0.235. The molecular formula is C17H18FNO3. The summed E-state index contributed by atoms with van der Waals surface area (Å²) in [6, 6.07) is 12.6. The normalized spacial score (nSPS) is 10.3. The first-order valence-corrected chi connectivity index (χ1v) is 7.06. The van der Waals surface area contributed by atoms with Crippen LogP contribution in [-0.4, -0.2) is 25.7 Å². The lowest BCUT2D eigenvalue weighted by Gasteiger charge is -2.09. The van der Waals surface area contributed by atoms with Crippen molar-refractivity contribution in [3.05, 3.63) is 59.9 Å². The molecule has 5 heteroatoms. The van der Waals surface area contributed by atoms with Gasteiger partial charge in [-0.25, -0.2) is 4.39 Å². The van der Waals surface area contributed by atoms with Gasteiger partial charge < -0.3 is 14.8 Å². The van der Waals surface area contributed by atoms with Gasteiger partial charge in [0.25, 0.3) is 5.91 Å². The number of halogens is 1. The van der Waals surface area contributed by atoms with Crippen molar-refractivity contribution in [3.63, 3.8) is 0 Å². The molecule has 0 aromatic heterocycles. The zero-order valence-corrected chi connectivity index (χ0v) is 12.3. The Kier molecular flexibility index (Phi) is 5.91. The van der Waals surface area contributed by atoms with Crippen LogP contribution < -0.4 is 10.1 Å². The van der Waals surface area contributed by atoms with E-state index in [1.807, 2.05) is 6.92 Å². The fourth-order valence-corrected chi connectivity index (χ4v) is 1.86. The van der Waals surface area contributed by atoms with Crippen LogP contribution in [0.5, 0.6) is 5.75 Å². The zero-order chi connectivity index (χ0) is 15.8. The average molecular weight is 303 g/mol. The van der Waals surface area contributed by atoms with Gasteiger partial charge in [-0.2, -0.15) is 0 Å². The second-order valence-electron chi connectivity index (χ2n) is 4.54. The SMILES string of the molecule is CCOCCOc1cccc(C(=O)Nc2cccc(F)c2)c1. The molecule has 116 valence electrons. The van der Waals surface area contributed by atoms with Crippen molar-refractivity contribution >= 4 is 11.6 Å². The smallest absolute Gasteiger partial charge is 0.255 e. The molecule has 0 heterocycles. The predicted octanol–water partition coefficient (Wildman–Crippen LogP) is 3.49. The summed E-state index contributed by atoms with van der Waals surface area (Å²) in [5.74, 6) is -0.127. The highest BCUT2D eigenvalue weighted by Gasteiger charge is 2.07. The summed E-state index contributed by atoms with van der Waals surface area (Å²) in [6.07, 6.45) is 0. The fourth-order valence-electron chi connectivity index (χ4n) is 1.86. The van der Waals surface area contributed by atoms with E-state index in [4.69, 9.17) is 9.47 Å². The number of hydrogen-bond acceptors (Lipinski definition) is 3. The van der Waals surface area contributed by atoms with Crippen LogP contribution in [-0.2, 0) is 4.74 Å². The van der Waals surface area contributed by atoms with Crippen LogP contribution in [0, 0.1) is 5.82 Å². The Labute approximate surface area is 128 Å². The summed E-state index contributed by atoms with van der Waals surface area (Å²) < 4.78 is 23.8. The predicted molar refractivity (Wildman–Crippen MR) is 82.8 cm³/mol. The van der Waals surface area contributed by atoms with E-state index in [0.717, 1.165) is 0 Å². The Hall–Kier alpha value is -2.40. The third-order valence-electron chi connectivity index (χ3n) is 2.88. The summed E-state index contributed by atoms with van der Waals surface area (Å²) in [6.45, 7) is 3.47. The van der Waals surface area contributed by atoms with Crippen LogP contribution in [0.4, 0.5) is 10.1 Å². The minimum atomic E-state index is -0.397. The lowest BCUT2D eigenvalue weighted by Crippen LogP contribution is -2.12. The van der Waals surface area contributed by atoms with Crippen LogP contribution >= 0.6 is 0 Å². The first kappa shape index (κ1) is 16.0. The van der Waals surface area contributed by atoms with Crippen LogP contribution in [0.3, 0.4) is 0 Å². The van der Waals surface area contributed by atoms with Gasteiger partial charge in [0.2, 0.25) is 0 Å². The highest BCUT2D eigenvalue weighted by atomic mass is 19.1. The molecule has 2 aromatic carbocycles. The van der Waals surface area contributed by atoms with Gasteiger partial charge in [0.15, 0.2) is 0 Å². The number of ether oxygens (including phenoxy) is 2. The van der Waals surface area contributed by atoms with Crippen LogP contribution in [0.2, 0.25) is 0 Å². The monoisotopic (exact) mass is 303 g/mol. The van der Waals surface area contributed by atoms with Crippen molar-refractivity contribution < 1.29 is 18.7 Å². The largest absolute Gasteiger partial charge is 0.491 e. The van der Waals surface area contributed by atoms with E-state index in [9.17, 15) is 9.18 Å². The molecule has 0 bridgehead atoms. The van der Waals surface area contributed by atoms with Gasteiger partial charge in [-0.05, 0) is 43.3 Å². The van der Waals surface area contributed by atoms with Crippen molar-refractivity contribution in [1.29, 1.82) is 0 Å². The molecule has 0 unspecified atom stereocenters. The summed E-state index contributed by atoms with van der Waals surface area (Å²) >= 11 is 0. The molecule has 1 N–H and O–H groups in total. The Balaban J connectivity index is 1.97. The molecule has 0 radical (unpaired) electrons. The average Bonchev–Trinajstić information content (AvgIpc) is 2.52. The molecular weight excluding hydrogens is 285 g/mol. The molecule has 2 aromatic rings. The van der Waals surface area contributed by atoms with E-state index in [-0.39, 0.29) is 5.91 Å². The van der Waals surface area contributed by atoms with Gasteiger partial charge >= 0.3 is 0 Å². The molecule has 0 fully saturated rings. The second kappa shape index (κ2) is 8.14. The molecule has 1 amide bonds. The van der Waals surface area contributed by atoms with Gasteiger partial charge in [0, 0.05) is 17.9 Å². The number of carbonyl (C=O) groups is 1. The highest BCUT2D eigenvalue weighted by molar-refractivity contribution is 6.04. The minimum Gasteiger partial charge on any atom is -0.491 e. The maximum atomic E-state index is 13.1. The van der Waals surface area contributed by atoms with Gasteiger partial charge in [0.1, 0.15) is 18.2 Å². The molecule has 0 aliphatic rings. The maximum Gasteiger partial charge on any atom is 0.255 e. The van der Waals surface area contributed by atoms with Crippen molar-refractivity contribution in [1.82, 2.24) is 0 Å². The Bertz CT molecular complexity index is 631. The van der Waals surface area contributed by atoms with Crippen LogP contribution in [0.25, 0.3) is 0 Å². The molecule has 0 aliphatic heterocycles. The van der Waals surface area contributed by atoms with Crippen molar-refractivity contribution in [2.45, 2.75) is 6.92 Å². The zero-order valence-electron chi connectivity index (χ0n) is 12.3. The molecule has 2 rings (SSSR count). The van der Waals surface area contributed by atoms with Crippen molar-refractivity contribution in [3.8, 4) is 5.75 Å². The number of carbonyl (C=O) groups excluding carboxylic acids is 1. The van der Waals surface area contributed by atoms with Crippen LogP contribution in [0.15, 0.2) is 48.5 Å². The molecule has 4 nitrogen and oxygen atoms in total. The van der Waals surface area contributed by atoms with Gasteiger partial charge in [-0.15, -0.1) is 0 Å². The lowest BCUT2D eigenvalue weighted by atomic mass is 10.2. The third kappa shape index (κ3) is 4.86. The van der Waals surface area contributed by atoms with E-state index in [0.29, 0.717) is 36.8 Å². The molecule has 22 heavy (non-hydrogen) atoms. The third-order valence-corrected chi connectivity index (χ3v) is 2.88. The van der Waals surface area contributed by atoms with E-state index < -0.39 is 5.82 Å². The van der Waals surface area contributed by atoms with Crippen molar-refractivity contribution in [2.24, 2.45) is 0 Å². The Morgan fingerprint density at radius 2 is 1.95 bits per heavy atom. The highest BCUT2D eigenvalue weighted by Crippen LogP contribution is 2.16. The van der Waals surface area contributed by atoms with Gasteiger partial charge in [0.05, 0.1) is 6.61 Å². The quantitative estimate of drug-likeness (QED) is 0.796. The molecule has 0 atom stereocenters. The number of rotatable bonds is 7. The molecule has 0 saturated heterocycles. The number of amides is 1. The van der Waals surface area contributed by atoms with E-state index in [1.54, 1.807) is 30.3 Å². The topological polar surface area (TPSA) is 47.6 Å². The van der Waals surface area contributed by atoms with E-state index >= 15 is 0 Å². The van der Waals surface area contributed by atoms with E-state index in [2.05, 4.69) is 5.32 Å². The second-order valence-corrected chi connectivity index (χ2v) is 4.54. The number of hydrogen-bond donors (Lipinski definition) is 1. The van der Waals surface area contributed by atoms with Crippen LogP contribution in [0.1, 0.15) is 17.3 Å². The number of nitrogens with one attached hydrogen (secondary N) is 1. The number of benzene rings is 2. The summed E-state index contributed by atoms with van der Waals surface area (Å²) in [5.41, 5.74) is 0.853. The molecule has 0 aliphatic carbocycles. The summed E-state index contributed by atoms with van der Waals surface area (Å²) in [4.78, 5) is 12.1. The van der Waals surface area contributed by atoms with E-state index in [1.165, 1.54) is 18.2 Å². The maximum absolute atomic E-state index is 13.1. The first-order chi connectivity index (χ1) is 10.7. The standard InChI is InChI=1S/C17H18FNO3/c1-2-21-9-10-22-16-8-3-5-13(11-16)17(20)19-15-7-4-6-14(18)12-15/h3-8,11-12H,2,9-10H2,1H3,(H,19,20). The lowest BCUT2D eigenvalue weighted by molar-refractivity contribution is 0.102. The molecule has 0 spiro atoms. The summed E-state index contributed by atoms with van der Waals surface area (Å²) in [5, 5.41) is 2.64. The first-order valence-electron chi connectivity index (χ1n) is 7.06. The van der Waals surface area contributed by atoms with Gasteiger partial charge in [-0.3, -0.25) is 4.79 Å². The summed E-state index contributed by atoms with van der Waals surface area (Å²) in [7, 11) is 0. The Morgan fingerprint density at radius 3 is 2.73 bits per heavy atom. The number of anilines is 1. The van der Waals surface area contributed by atoms with Gasteiger partial charge in [-0.1, -0.05) is 12.1 Å².